The van der Waals surface area contributed by atoms with E-state index >= 15 is 0 Å². The third kappa shape index (κ3) is 2.41. The smallest absolute Gasteiger partial charge is 0.373 e. The molecule has 1 aromatic rings. The van der Waals surface area contributed by atoms with E-state index in [4.69, 9.17) is 13.9 Å². The van der Waals surface area contributed by atoms with E-state index in [9.17, 15) is 4.57 Å². The summed E-state index contributed by atoms with van der Waals surface area (Å²) in [6.07, 6.45) is 0.420. The van der Waals surface area contributed by atoms with Gasteiger partial charge in [0.1, 0.15) is 0 Å². The van der Waals surface area contributed by atoms with Crippen molar-refractivity contribution in [2.75, 3.05) is 14.2 Å². The standard InChI is InChI=1S/C11H14NO4P/c1-14-17(13,15-2)11-8-10(12-16-11)9-6-4-3-5-7-9/h3-7,11H,8H2,1-2H3. The molecule has 0 spiro atoms. The van der Waals surface area contributed by atoms with E-state index in [2.05, 4.69) is 5.16 Å². The summed E-state index contributed by atoms with van der Waals surface area (Å²) in [6, 6.07) is 9.60. The summed E-state index contributed by atoms with van der Waals surface area (Å²) in [5.41, 5.74) is 1.71. The molecule has 0 fully saturated rings. The van der Waals surface area contributed by atoms with E-state index in [0.717, 1.165) is 11.3 Å². The minimum absolute atomic E-state index is 0.420. The van der Waals surface area contributed by atoms with Crippen LogP contribution in [0.3, 0.4) is 0 Å². The number of rotatable bonds is 4. The van der Waals surface area contributed by atoms with E-state index in [-0.39, 0.29) is 0 Å². The molecule has 2 rings (SSSR count). The van der Waals surface area contributed by atoms with Gasteiger partial charge in [0.2, 0.25) is 5.85 Å². The van der Waals surface area contributed by atoms with Crippen molar-refractivity contribution in [3.8, 4) is 0 Å². The third-order valence-corrected chi connectivity index (χ3v) is 4.62. The van der Waals surface area contributed by atoms with Crippen LogP contribution < -0.4 is 0 Å². The highest BCUT2D eigenvalue weighted by atomic mass is 31.2. The number of oxime groups is 1. The van der Waals surface area contributed by atoms with Crippen LogP contribution >= 0.6 is 7.60 Å². The molecule has 0 saturated heterocycles. The number of benzene rings is 1. The van der Waals surface area contributed by atoms with Gasteiger partial charge in [-0.3, -0.25) is 4.57 Å². The fourth-order valence-corrected chi connectivity index (χ4v) is 2.82. The minimum atomic E-state index is -3.22. The summed E-state index contributed by atoms with van der Waals surface area (Å²) in [7, 11) is -0.541. The maximum atomic E-state index is 12.1. The molecule has 0 N–H and O–H groups in total. The molecule has 1 aliphatic heterocycles. The van der Waals surface area contributed by atoms with Gasteiger partial charge in [-0.05, 0) is 5.56 Å². The lowest BCUT2D eigenvalue weighted by Crippen LogP contribution is -2.11. The molecule has 0 aromatic heterocycles. The first-order valence-electron chi connectivity index (χ1n) is 5.19. The molecule has 0 radical (unpaired) electrons. The Labute approximate surface area is 99.9 Å². The lowest BCUT2D eigenvalue weighted by molar-refractivity contribution is 0.106. The van der Waals surface area contributed by atoms with Crippen LogP contribution in [0.1, 0.15) is 12.0 Å². The van der Waals surface area contributed by atoms with Gasteiger partial charge in [-0.1, -0.05) is 35.5 Å². The van der Waals surface area contributed by atoms with Crippen LogP contribution in [0.4, 0.5) is 0 Å². The van der Waals surface area contributed by atoms with Crippen molar-refractivity contribution in [1.82, 2.24) is 0 Å². The van der Waals surface area contributed by atoms with Gasteiger partial charge in [0, 0.05) is 20.6 Å². The van der Waals surface area contributed by atoms with Crippen molar-refractivity contribution in [1.29, 1.82) is 0 Å². The first-order valence-corrected chi connectivity index (χ1v) is 6.80. The van der Waals surface area contributed by atoms with Crippen molar-refractivity contribution in [3.63, 3.8) is 0 Å². The van der Waals surface area contributed by atoms with Crippen LogP contribution in [0.15, 0.2) is 35.5 Å². The minimum Gasteiger partial charge on any atom is -0.379 e. The molecule has 92 valence electrons. The normalized spacial score (nSPS) is 19.9. The summed E-state index contributed by atoms with van der Waals surface area (Å²) in [5, 5.41) is 3.93. The monoisotopic (exact) mass is 255 g/mol. The van der Waals surface area contributed by atoms with Crippen LogP contribution in [0.5, 0.6) is 0 Å². The lowest BCUT2D eigenvalue weighted by Gasteiger charge is -2.17. The topological polar surface area (TPSA) is 57.1 Å². The largest absolute Gasteiger partial charge is 0.379 e. The Morgan fingerprint density at radius 1 is 1.29 bits per heavy atom. The van der Waals surface area contributed by atoms with E-state index in [0.29, 0.717) is 6.42 Å². The summed E-state index contributed by atoms with van der Waals surface area (Å²) in [4.78, 5) is 5.14. The second-order valence-electron chi connectivity index (χ2n) is 3.57. The molecule has 6 heteroatoms. The Morgan fingerprint density at radius 2 is 1.94 bits per heavy atom. The van der Waals surface area contributed by atoms with E-state index in [1.807, 2.05) is 30.3 Å². The summed E-state index contributed by atoms with van der Waals surface area (Å²) in [6.45, 7) is 0. The number of hydrogen-bond acceptors (Lipinski definition) is 5. The molecular formula is C11H14NO4P. The van der Waals surface area contributed by atoms with E-state index in [1.54, 1.807) is 0 Å². The molecule has 5 nitrogen and oxygen atoms in total. The SMILES string of the molecule is COP(=O)(OC)C1CC(c2ccccc2)=NO1. The quantitative estimate of drug-likeness (QED) is 0.776. The van der Waals surface area contributed by atoms with Gasteiger partial charge in [-0.2, -0.15) is 0 Å². The molecule has 1 aromatic carbocycles. The zero-order valence-corrected chi connectivity index (χ0v) is 10.6. The molecule has 17 heavy (non-hydrogen) atoms. The van der Waals surface area contributed by atoms with Crippen molar-refractivity contribution < 1.29 is 18.5 Å². The molecule has 1 heterocycles. The first-order chi connectivity index (χ1) is 8.19. The molecule has 1 aliphatic rings. The average Bonchev–Trinajstić information content (AvgIpc) is 2.89. The Kier molecular flexibility index (Phi) is 3.62. The second kappa shape index (κ2) is 5.00. The van der Waals surface area contributed by atoms with Gasteiger partial charge < -0.3 is 13.9 Å². The molecule has 0 saturated carbocycles. The van der Waals surface area contributed by atoms with E-state index < -0.39 is 13.4 Å². The first kappa shape index (κ1) is 12.3. The molecule has 0 aliphatic carbocycles. The Morgan fingerprint density at radius 3 is 2.53 bits per heavy atom. The lowest BCUT2D eigenvalue weighted by atomic mass is 10.1. The average molecular weight is 255 g/mol. The maximum Gasteiger partial charge on any atom is 0.373 e. The fourth-order valence-electron chi connectivity index (χ4n) is 1.64. The van der Waals surface area contributed by atoms with Gasteiger partial charge in [0.15, 0.2) is 0 Å². The molecule has 1 unspecified atom stereocenters. The third-order valence-electron chi connectivity index (χ3n) is 2.62. The zero-order chi connectivity index (χ0) is 12.3. The van der Waals surface area contributed by atoms with Gasteiger partial charge in [-0.15, -0.1) is 0 Å². The molecule has 1 atom stereocenters. The summed E-state index contributed by atoms with van der Waals surface area (Å²) < 4.78 is 21.9. The van der Waals surface area contributed by atoms with E-state index in [1.165, 1.54) is 14.2 Å². The molecule has 0 bridgehead atoms. The Bertz CT molecular complexity index is 452. The Balaban J connectivity index is 2.12. The van der Waals surface area contributed by atoms with Crippen LogP contribution in [-0.2, 0) is 18.5 Å². The van der Waals surface area contributed by atoms with Crippen LogP contribution in [0.25, 0.3) is 0 Å². The summed E-state index contributed by atoms with van der Waals surface area (Å²) >= 11 is 0. The Hall–Kier alpha value is -1.16. The van der Waals surface area contributed by atoms with Gasteiger partial charge >= 0.3 is 7.60 Å². The van der Waals surface area contributed by atoms with Crippen molar-refractivity contribution >= 4 is 13.3 Å². The van der Waals surface area contributed by atoms with Crippen molar-refractivity contribution in [2.45, 2.75) is 12.3 Å². The van der Waals surface area contributed by atoms with Gasteiger partial charge in [-0.25, -0.2) is 0 Å². The van der Waals surface area contributed by atoms with Crippen LogP contribution in [0, 0.1) is 0 Å². The highest BCUT2D eigenvalue weighted by molar-refractivity contribution is 7.54. The maximum absolute atomic E-state index is 12.1. The summed E-state index contributed by atoms with van der Waals surface area (Å²) in [5.74, 6) is -0.660. The van der Waals surface area contributed by atoms with Crippen LogP contribution in [0.2, 0.25) is 0 Å². The second-order valence-corrected chi connectivity index (χ2v) is 5.96. The predicted octanol–water partition coefficient (Wildman–Crippen LogP) is 2.62. The molecular weight excluding hydrogens is 241 g/mol. The van der Waals surface area contributed by atoms with Crippen LogP contribution in [-0.4, -0.2) is 25.8 Å². The van der Waals surface area contributed by atoms with Crippen molar-refractivity contribution in [2.24, 2.45) is 5.16 Å². The van der Waals surface area contributed by atoms with Crippen molar-refractivity contribution in [3.05, 3.63) is 35.9 Å². The van der Waals surface area contributed by atoms with Gasteiger partial charge in [0.25, 0.3) is 0 Å². The highest BCUT2D eigenvalue weighted by Crippen LogP contribution is 2.54. The number of nitrogens with zero attached hydrogens (tertiary/aromatic N) is 1. The number of hydrogen-bond donors (Lipinski definition) is 0. The zero-order valence-electron chi connectivity index (χ0n) is 9.70. The van der Waals surface area contributed by atoms with Gasteiger partial charge in [0.05, 0.1) is 5.71 Å². The molecule has 0 amide bonds. The highest BCUT2D eigenvalue weighted by Gasteiger charge is 2.40. The fraction of sp³-hybridized carbons (Fsp3) is 0.364. The predicted molar refractivity (Wildman–Crippen MR) is 64.1 cm³/mol.